The maximum absolute atomic E-state index is 11.2. The van der Waals surface area contributed by atoms with Crippen LogP contribution < -0.4 is 5.73 Å². The minimum Gasteiger partial charge on any atom is -0.480 e. The molecule has 19 heavy (non-hydrogen) atoms. The fourth-order valence-electron chi connectivity index (χ4n) is 3.08. The first-order chi connectivity index (χ1) is 9.03. The maximum Gasteiger partial charge on any atom is 0.323 e. The zero-order valence-corrected chi connectivity index (χ0v) is 12.5. The number of nitrogens with two attached hydrogens (primary N) is 1. The Labute approximate surface area is 117 Å². The summed E-state index contributed by atoms with van der Waals surface area (Å²) in [7, 11) is 0. The van der Waals surface area contributed by atoms with Crippen LogP contribution in [0.2, 0.25) is 0 Å². The normalized spacial score (nSPS) is 20.4. The van der Waals surface area contributed by atoms with E-state index in [2.05, 4.69) is 11.8 Å². The third kappa shape index (κ3) is 4.77. The molecule has 3 N–H and O–H groups in total. The van der Waals surface area contributed by atoms with Gasteiger partial charge in [0.2, 0.25) is 0 Å². The number of carboxylic acids is 1. The van der Waals surface area contributed by atoms with E-state index in [1.165, 1.54) is 32.1 Å². The molecule has 0 aromatic rings. The Morgan fingerprint density at radius 3 is 2.42 bits per heavy atom. The fraction of sp³-hybridized carbons (Fsp3) is 0.933. The highest BCUT2D eigenvalue weighted by Crippen LogP contribution is 2.23. The van der Waals surface area contributed by atoms with Gasteiger partial charge in [-0.05, 0) is 45.2 Å². The number of carbonyl (C=O) groups is 1. The molecule has 0 spiro atoms. The molecule has 1 atom stereocenters. The van der Waals surface area contributed by atoms with Crippen molar-refractivity contribution >= 4 is 5.97 Å². The molecular weight excluding hydrogens is 240 g/mol. The second-order valence-corrected chi connectivity index (χ2v) is 5.84. The Bertz CT molecular complexity index is 277. The molecule has 4 nitrogen and oxygen atoms in total. The Kier molecular flexibility index (Phi) is 6.80. The minimum atomic E-state index is -1.04. The van der Waals surface area contributed by atoms with E-state index >= 15 is 0 Å². The van der Waals surface area contributed by atoms with Crippen molar-refractivity contribution in [2.24, 2.45) is 5.73 Å². The van der Waals surface area contributed by atoms with Gasteiger partial charge in [-0.3, -0.25) is 4.79 Å². The van der Waals surface area contributed by atoms with Crippen molar-refractivity contribution in [1.82, 2.24) is 4.90 Å². The summed E-state index contributed by atoms with van der Waals surface area (Å²) in [5.41, 5.74) is 4.89. The maximum atomic E-state index is 11.2. The van der Waals surface area contributed by atoms with Gasteiger partial charge in [0, 0.05) is 6.04 Å². The zero-order chi connectivity index (χ0) is 14.3. The standard InChI is InChI=1S/C15H30N2O2/c1-3-15(16,14(18)19)11-8-12-17(4-2)13-9-6-5-7-10-13/h13H,3-12,16H2,1-2H3,(H,18,19). The van der Waals surface area contributed by atoms with Gasteiger partial charge in [-0.2, -0.15) is 0 Å². The van der Waals surface area contributed by atoms with Gasteiger partial charge in [-0.1, -0.05) is 33.1 Å². The van der Waals surface area contributed by atoms with Crippen molar-refractivity contribution in [1.29, 1.82) is 0 Å². The molecule has 0 saturated heterocycles. The average molecular weight is 270 g/mol. The quantitative estimate of drug-likeness (QED) is 0.711. The van der Waals surface area contributed by atoms with Gasteiger partial charge in [0.25, 0.3) is 0 Å². The molecule has 0 bridgehead atoms. The van der Waals surface area contributed by atoms with Crippen molar-refractivity contribution in [2.45, 2.75) is 76.8 Å². The fourth-order valence-corrected chi connectivity index (χ4v) is 3.08. The van der Waals surface area contributed by atoms with E-state index in [0.29, 0.717) is 18.9 Å². The predicted octanol–water partition coefficient (Wildman–Crippen LogP) is 2.61. The molecule has 1 rings (SSSR count). The van der Waals surface area contributed by atoms with Gasteiger partial charge in [-0.15, -0.1) is 0 Å². The van der Waals surface area contributed by atoms with Gasteiger partial charge in [-0.25, -0.2) is 0 Å². The van der Waals surface area contributed by atoms with E-state index in [-0.39, 0.29) is 0 Å². The highest BCUT2D eigenvalue weighted by molar-refractivity contribution is 5.78. The molecule has 1 fully saturated rings. The molecule has 1 aliphatic rings. The molecule has 112 valence electrons. The Balaban J connectivity index is 2.38. The first-order valence-electron chi connectivity index (χ1n) is 7.79. The largest absolute Gasteiger partial charge is 0.480 e. The summed E-state index contributed by atoms with van der Waals surface area (Å²) < 4.78 is 0. The Morgan fingerprint density at radius 1 is 1.32 bits per heavy atom. The summed E-state index contributed by atoms with van der Waals surface area (Å²) in [6, 6.07) is 0.706. The van der Waals surface area contributed by atoms with E-state index in [1.54, 1.807) is 0 Å². The van der Waals surface area contributed by atoms with E-state index in [1.807, 2.05) is 6.92 Å². The predicted molar refractivity (Wildman–Crippen MR) is 78.2 cm³/mol. The summed E-state index contributed by atoms with van der Waals surface area (Å²) in [5.74, 6) is -0.865. The van der Waals surface area contributed by atoms with E-state index < -0.39 is 11.5 Å². The van der Waals surface area contributed by atoms with Crippen LogP contribution in [-0.2, 0) is 4.79 Å². The van der Waals surface area contributed by atoms with Gasteiger partial charge in [0.05, 0.1) is 0 Å². The van der Waals surface area contributed by atoms with Crippen LogP contribution in [0.25, 0.3) is 0 Å². The zero-order valence-electron chi connectivity index (χ0n) is 12.5. The first-order valence-corrected chi connectivity index (χ1v) is 7.79. The number of nitrogens with zero attached hydrogens (tertiary/aromatic N) is 1. The molecule has 0 radical (unpaired) electrons. The second kappa shape index (κ2) is 7.85. The number of hydrogen-bond acceptors (Lipinski definition) is 3. The smallest absolute Gasteiger partial charge is 0.323 e. The second-order valence-electron chi connectivity index (χ2n) is 5.84. The summed E-state index contributed by atoms with van der Waals surface area (Å²) in [6.45, 7) is 6.09. The molecule has 1 aliphatic carbocycles. The van der Waals surface area contributed by atoms with Gasteiger partial charge < -0.3 is 15.7 Å². The Hall–Kier alpha value is -0.610. The van der Waals surface area contributed by atoms with Crippen LogP contribution in [0.3, 0.4) is 0 Å². The van der Waals surface area contributed by atoms with Crippen molar-refractivity contribution in [3.05, 3.63) is 0 Å². The van der Waals surface area contributed by atoms with Gasteiger partial charge >= 0.3 is 5.97 Å². The van der Waals surface area contributed by atoms with Crippen LogP contribution in [0.5, 0.6) is 0 Å². The summed E-state index contributed by atoms with van der Waals surface area (Å²) in [6.07, 6.45) is 8.59. The van der Waals surface area contributed by atoms with Crippen LogP contribution in [-0.4, -0.2) is 40.6 Å². The molecule has 0 aliphatic heterocycles. The SMILES string of the molecule is CCN(CCCC(N)(CC)C(=O)O)C1CCCCC1. The molecule has 0 amide bonds. The lowest BCUT2D eigenvalue weighted by molar-refractivity contribution is -0.143. The molecule has 1 saturated carbocycles. The minimum absolute atomic E-state index is 0.498. The van der Waals surface area contributed by atoms with Crippen molar-refractivity contribution in [3.63, 3.8) is 0 Å². The molecular formula is C15H30N2O2. The lowest BCUT2D eigenvalue weighted by atomic mass is 9.90. The van der Waals surface area contributed by atoms with Gasteiger partial charge in [0.1, 0.15) is 5.54 Å². The average Bonchev–Trinajstić information content (AvgIpc) is 2.44. The van der Waals surface area contributed by atoms with Crippen LogP contribution in [0, 0.1) is 0 Å². The Morgan fingerprint density at radius 2 is 1.95 bits per heavy atom. The van der Waals surface area contributed by atoms with E-state index in [4.69, 9.17) is 10.8 Å². The van der Waals surface area contributed by atoms with Crippen LogP contribution >= 0.6 is 0 Å². The monoisotopic (exact) mass is 270 g/mol. The van der Waals surface area contributed by atoms with Crippen LogP contribution in [0.15, 0.2) is 0 Å². The summed E-state index contributed by atoms with van der Waals surface area (Å²) >= 11 is 0. The molecule has 0 heterocycles. The van der Waals surface area contributed by atoms with Crippen molar-refractivity contribution in [3.8, 4) is 0 Å². The summed E-state index contributed by atoms with van der Waals surface area (Å²) in [5, 5.41) is 9.17. The first kappa shape index (κ1) is 16.4. The molecule has 4 heteroatoms. The summed E-state index contributed by atoms with van der Waals surface area (Å²) in [4.78, 5) is 13.7. The number of rotatable bonds is 8. The third-order valence-corrected chi connectivity index (χ3v) is 4.62. The molecule has 0 aromatic carbocycles. The molecule has 0 aromatic heterocycles. The van der Waals surface area contributed by atoms with Crippen molar-refractivity contribution in [2.75, 3.05) is 13.1 Å². The highest BCUT2D eigenvalue weighted by Gasteiger charge is 2.31. The molecule has 1 unspecified atom stereocenters. The lowest BCUT2D eigenvalue weighted by Gasteiger charge is -2.34. The lowest BCUT2D eigenvalue weighted by Crippen LogP contribution is -2.48. The van der Waals surface area contributed by atoms with E-state index in [9.17, 15) is 4.79 Å². The van der Waals surface area contributed by atoms with Gasteiger partial charge in [0.15, 0.2) is 0 Å². The third-order valence-electron chi connectivity index (χ3n) is 4.62. The van der Waals surface area contributed by atoms with Crippen LogP contribution in [0.4, 0.5) is 0 Å². The number of carboxylic acid groups (broad SMARTS) is 1. The highest BCUT2D eigenvalue weighted by atomic mass is 16.4. The topological polar surface area (TPSA) is 66.6 Å². The van der Waals surface area contributed by atoms with Crippen molar-refractivity contribution < 1.29 is 9.90 Å². The number of hydrogen-bond donors (Lipinski definition) is 2. The van der Waals surface area contributed by atoms with Crippen LogP contribution in [0.1, 0.15) is 65.2 Å². The number of aliphatic carboxylic acids is 1. The van der Waals surface area contributed by atoms with E-state index in [0.717, 1.165) is 19.5 Å².